The van der Waals surface area contributed by atoms with Crippen LogP contribution in [0, 0.1) is 39.9 Å². The van der Waals surface area contributed by atoms with Gasteiger partial charge < -0.3 is 4.74 Å². The lowest BCUT2D eigenvalue weighted by Crippen LogP contribution is -2.43. The van der Waals surface area contributed by atoms with Crippen molar-refractivity contribution >= 4 is 0 Å². The molecular formula is C24H46O. The highest BCUT2D eigenvalue weighted by atomic mass is 16.5. The summed E-state index contributed by atoms with van der Waals surface area (Å²) in [6.07, 6.45) is 7.31. The van der Waals surface area contributed by atoms with Crippen LogP contribution in [-0.2, 0) is 4.74 Å². The molecule has 0 N–H and O–H groups in total. The van der Waals surface area contributed by atoms with Gasteiger partial charge in [0.25, 0.3) is 0 Å². The van der Waals surface area contributed by atoms with Crippen molar-refractivity contribution in [2.24, 2.45) is 39.9 Å². The smallest absolute Gasteiger partial charge is 0.0520 e. The highest BCUT2D eigenvalue weighted by Gasteiger charge is 2.44. The summed E-state index contributed by atoms with van der Waals surface area (Å²) in [7, 11) is 0. The first-order valence-corrected chi connectivity index (χ1v) is 10.5. The summed E-state index contributed by atoms with van der Waals surface area (Å²) in [4.78, 5) is 0. The Morgan fingerprint density at radius 2 is 1.60 bits per heavy atom. The molecule has 1 nitrogen and oxygen atoms in total. The predicted octanol–water partition coefficient (Wildman–Crippen LogP) is 7.37. The molecule has 0 radical (unpaired) electrons. The molecule has 1 aliphatic carbocycles. The van der Waals surface area contributed by atoms with Crippen LogP contribution in [0.5, 0.6) is 0 Å². The molecule has 0 spiro atoms. The number of ether oxygens (including phenoxy) is 1. The molecule has 0 aliphatic heterocycles. The third-order valence-corrected chi connectivity index (χ3v) is 6.18. The van der Waals surface area contributed by atoms with Crippen molar-refractivity contribution in [3.05, 3.63) is 12.7 Å². The van der Waals surface area contributed by atoms with Gasteiger partial charge >= 0.3 is 0 Å². The Bertz CT molecular complexity index is 407. The highest BCUT2D eigenvalue weighted by molar-refractivity contribution is 4.97. The number of hydrogen-bond donors (Lipinski definition) is 0. The van der Waals surface area contributed by atoms with Gasteiger partial charge in [-0.2, -0.15) is 0 Å². The van der Waals surface area contributed by atoms with Crippen LogP contribution in [0.2, 0.25) is 0 Å². The van der Waals surface area contributed by atoms with E-state index in [4.69, 9.17) is 4.74 Å². The van der Waals surface area contributed by atoms with Crippen molar-refractivity contribution in [1.29, 1.82) is 0 Å². The third kappa shape index (κ3) is 7.45. The zero-order valence-corrected chi connectivity index (χ0v) is 18.7. The molecule has 4 atom stereocenters. The van der Waals surface area contributed by atoms with Crippen LogP contribution in [0.3, 0.4) is 0 Å². The lowest BCUT2D eigenvalue weighted by Gasteiger charge is -2.49. The van der Waals surface area contributed by atoms with Gasteiger partial charge in [-0.15, -0.1) is 6.58 Å². The molecule has 1 saturated carbocycles. The molecule has 0 aromatic heterocycles. The van der Waals surface area contributed by atoms with Crippen LogP contribution < -0.4 is 0 Å². The third-order valence-electron chi connectivity index (χ3n) is 6.18. The summed E-state index contributed by atoms with van der Waals surface area (Å²) < 4.78 is 6.25. The van der Waals surface area contributed by atoms with Crippen molar-refractivity contribution in [3.8, 4) is 0 Å². The summed E-state index contributed by atoms with van der Waals surface area (Å²) in [6, 6.07) is 0. The molecule has 148 valence electrons. The standard InChI is InChI=1S/C24H46O/c1-11-19-12-13-20(21(14-19)23(6,7)8)24(9,10)17-25-16-18(2)15-22(3,4)5/h11,18-21H,1,12-17H2,2-10H3/t18-,19?,20?,21?/m0/s1. The second-order valence-corrected chi connectivity index (χ2v) is 11.8. The molecule has 25 heavy (non-hydrogen) atoms. The minimum absolute atomic E-state index is 0.242. The Hall–Kier alpha value is -0.300. The summed E-state index contributed by atoms with van der Waals surface area (Å²) in [5.74, 6) is 2.81. The fourth-order valence-electron chi connectivity index (χ4n) is 5.04. The van der Waals surface area contributed by atoms with Crippen molar-refractivity contribution in [2.75, 3.05) is 13.2 Å². The van der Waals surface area contributed by atoms with Gasteiger partial charge in [0.15, 0.2) is 0 Å². The Labute approximate surface area is 159 Å². The molecule has 3 unspecified atom stereocenters. The highest BCUT2D eigenvalue weighted by Crippen LogP contribution is 2.51. The molecule has 0 heterocycles. The Balaban J connectivity index is 2.67. The van der Waals surface area contributed by atoms with E-state index in [-0.39, 0.29) is 5.41 Å². The average Bonchev–Trinajstić information content (AvgIpc) is 2.43. The Morgan fingerprint density at radius 3 is 2.08 bits per heavy atom. The van der Waals surface area contributed by atoms with E-state index in [9.17, 15) is 0 Å². The lowest BCUT2D eigenvalue weighted by molar-refractivity contribution is -0.0470. The number of hydrogen-bond acceptors (Lipinski definition) is 1. The lowest BCUT2D eigenvalue weighted by atomic mass is 9.57. The largest absolute Gasteiger partial charge is 0.381 e. The van der Waals surface area contributed by atoms with Crippen molar-refractivity contribution in [3.63, 3.8) is 0 Å². The van der Waals surface area contributed by atoms with E-state index in [0.29, 0.717) is 22.7 Å². The van der Waals surface area contributed by atoms with Gasteiger partial charge in [0.2, 0.25) is 0 Å². The first-order valence-electron chi connectivity index (χ1n) is 10.5. The minimum Gasteiger partial charge on any atom is -0.381 e. The van der Waals surface area contributed by atoms with Crippen molar-refractivity contribution in [1.82, 2.24) is 0 Å². The van der Waals surface area contributed by atoms with Crippen LogP contribution in [0.15, 0.2) is 12.7 Å². The van der Waals surface area contributed by atoms with Gasteiger partial charge in [-0.1, -0.05) is 68.4 Å². The molecule has 1 rings (SSSR count). The number of allylic oxidation sites excluding steroid dienone is 1. The molecule has 0 aromatic carbocycles. The summed E-state index contributed by atoms with van der Waals surface area (Å²) >= 11 is 0. The SMILES string of the molecule is C=CC1CCC(C(C)(C)COC[C@@H](C)CC(C)(C)C)C(C(C)(C)C)C1. The molecule has 1 heteroatoms. The molecule has 0 amide bonds. The van der Waals surface area contributed by atoms with E-state index >= 15 is 0 Å². The fourth-order valence-corrected chi connectivity index (χ4v) is 5.04. The zero-order valence-electron chi connectivity index (χ0n) is 18.7. The zero-order chi connectivity index (χ0) is 19.5. The van der Waals surface area contributed by atoms with Gasteiger partial charge in [-0.05, 0) is 65.6 Å². The van der Waals surface area contributed by atoms with Crippen LogP contribution in [0.1, 0.15) is 88.0 Å². The van der Waals surface area contributed by atoms with Crippen LogP contribution in [-0.4, -0.2) is 13.2 Å². The summed E-state index contributed by atoms with van der Waals surface area (Å²) in [5, 5.41) is 0. The second kappa shape index (κ2) is 8.59. The number of rotatable bonds is 7. The van der Waals surface area contributed by atoms with E-state index in [0.717, 1.165) is 25.0 Å². The Kier molecular flexibility index (Phi) is 7.82. The average molecular weight is 351 g/mol. The van der Waals surface area contributed by atoms with Gasteiger partial charge in [0, 0.05) is 6.61 Å². The molecular weight excluding hydrogens is 304 g/mol. The summed E-state index contributed by atoms with van der Waals surface area (Å²) in [6.45, 7) is 27.2. The first-order chi connectivity index (χ1) is 11.3. The topological polar surface area (TPSA) is 9.23 Å². The van der Waals surface area contributed by atoms with E-state index in [2.05, 4.69) is 75.0 Å². The normalized spacial score (nSPS) is 27.2. The van der Waals surface area contributed by atoms with E-state index in [1.807, 2.05) is 0 Å². The maximum Gasteiger partial charge on any atom is 0.0520 e. The maximum absolute atomic E-state index is 6.25. The van der Waals surface area contributed by atoms with E-state index in [1.165, 1.54) is 25.7 Å². The maximum atomic E-state index is 6.25. The molecule has 0 aromatic rings. The summed E-state index contributed by atoms with van der Waals surface area (Å²) in [5.41, 5.74) is 0.980. The fraction of sp³-hybridized carbons (Fsp3) is 0.917. The van der Waals surface area contributed by atoms with E-state index in [1.54, 1.807) is 0 Å². The predicted molar refractivity (Wildman–Crippen MR) is 112 cm³/mol. The van der Waals surface area contributed by atoms with Gasteiger partial charge in [-0.25, -0.2) is 0 Å². The quantitative estimate of drug-likeness (QED) is 0.436. The first kappa shape index (κ1) is 22.7. The molecule has 0 bridgehead atoms. The van der Waals surface area contributed by atoms with Crippen LogP contribution in [0.4, 0.5) is 0 Å². The minimum atomic E-state index is 0.242. The van der Waals surface area contributed by atoms with Crippen LogP contribution in [0.25, 0.3) is 0 Å². The second-order valence-electron chi connectivity index (χ2n) is 11.8. The van der Waals surface area contributed by atoms with Gasteiger partial charge in [-0.3, -0.25) is 0 Å². The van der Waals surface area contributed by atoms with Crippen molar-refractivity contribution < 1.29 is 4.74 Å². The Morgan fingerprint density at radius 1 is 1.00 bits per heavy atom. The van der Waals surface area contributed by atoms with Gasteiger partial charge in [0.1, 0.15) is 0 Å². The van der Waals surface area contributed by atoms with Gasteiger partial charge in [0.05, 0.1) is 6.61 Å². The molecule has 0 saturated heterocycles. The monoisotopic (exact) mass is 350 g/mol. The molecule has 1 fully saturated rings. The van der Waals surface area contributed by atoms with Crippen molar-refractivity contribution in [2.45, 2.75) is 88.0 Å². The van der Waals surface area contributed by atoms with E-state index < -0.39 is 0 Å². The molecule has 1 aliphatic rings. The van der Waals surface area contributed by atoms with Crippen LogP contribution >= 0.6 is 0 Å².